The van der Waals surface area contributed by atoms with Crippen LogP contribution in [0, 0.1) is 5.89 Å². The minimum absolute atomic E-state index is 2.34. The van der Waals surface area contributed by atoms with E-state index in [4.69, 9.17) is 17.4 Å². The van der Waals surface area contributed by atoms with E-state index in [0.717, 1.165) is 0 Å². The fourth-order valence-electron chi connectivity index (χ4n) is 0.0535. The zero-order valence-corrected chi connectivity index (χ0v) is 3.36. The molecule has 0 aliphatic heterocycles. The van der Waals surface area contributed by atoms with E-state index in [-0.39, 0.29) is 0 Å². The van der Waals surface area contributed by atoms with Gasteiger partial charge in [-0.15, -0.1) is 0 Å². The molecule has 7 heavy (non-hydrogen) atoms. The fraction of sp³-hybridized carbons (Fsp3) is 0.800. The first kappa shape index (κ1) is 0.925. The minimum Gasteiger partial charge on any atom is -0.481 e. The molecule has 1 atom stereocenters. The van der Waals surface area contributed by atoms with Gasteiger partial charge in [-0.2, -0.15) is 0 Å². The summed E-state index contributed by atoms with van der Waals surface area (Å²) in [5.74, 6) is -6.08. The third-order valence-electron chi connectivity index (χ3n) is 0.339. The monoisotopic (exact) mass is 111 g/mol. The van der Waals surface area contributed by atoms with E-state index in [1.807, 2.05) is 0 Å². The predicted octanol–water partition coefficient (Wildman–Crippen LogP) is 1.12. The second-order valence-corrected chi connectivity index (χ2v) is 0.805. The molecule has 0 saturated heterocycles. The van der Waals surface area contributed by atoms with Crippen LogP contribution in [0.3, 0.4) is 0 Å². The van der Waals surface area contributed by atoms with Crippen LogP contribution in [0.5, 0.6) is 0 Å². The standard InChI is InChI=1S/C5H10O2/c1-3-4(2)5(6)7/h4H,3H2,1-2H3,(H,6,7)/i1D3,2D3,3D2,4D. The Kier molecular flexibility index (Phi) is 0.345. The maximum atomic E-state index is 10.7. The van der Waals surface area contributed by atoms with Crippen molar-refractivity contribution in [3.05, 3.63) is 0 Å². The molecular formula is C5H10O2. The van der Waals surface area contributed by atoms with E-state index < -0.39 is 31.9 Å². The van der Waals surface area contributed by atoms with Crippen LogP contribution in [-0.2, 0) is 4.79 Å². The summed E-state index contributed by atoms with van der Waals surface area (Å²) in [6, 6.07) is 0. The van der Waals surface area contributed by atoms with Gasteiger partial charge in [-0.3, -0.25) is 4.79 Å². The van der Waals surface area contributed by atoms with Crippen LogP contribution >= 0.6 is 0 Å². The number of aliphatic carboxylic acids is 1. The van der Waals surface area contributed by atoms with Crippen LogP contribution in [-0.4, -0.2) is 11.1 Å². The molecule has 0 spiro atoms. The lowest BCUT2D eigenvalue weighted by Crippen LogP contribution is -2.06. The Balaban J connectivity index is 5.85. The summed E-state index contributed by atoms with van der Waals surface area (Å²) in [6.07, 6.45) is -3.70. The minimum atomic E-state index is -3.74. The van der Waals surface area contributed by atoms with Crippen LogP contribution in [0.2, 0.25) is 0 Å². The Labute approximate surface area is 55.8 Å². The summed E-state index contributed by atoms with van der Waals surface area (Å²) in [5.41, 5.74) is 0. The molecule has 0 saturated carbocycles. The molecule has 2 heteroatoms. The summed E-state index contributed by atoms with van der Waals surface area (Å²) >= 11 is 0. The van der Waals surface area contributed by atoms with Gasteiger partial charge in [-0.1, -0.05) is 13.7 Å². The second-order valence-electron chi connectivity index (χ2n) is 0.805. The quantitative estimate of drug-likeness (QED) is 0.579. The molecular weight excluding hydrogens is 92.1 g/mol. The van der Waals surface area contributed by atoms with Crippen LogP contribution in [0.15, 0.2) is 0 Å². The highest BCUT2D eigenvalue weighted by Crippen LogP contribution is 1.97. The Bertz CT molecular complexity index is 289. The summed E-state index contributed by atoms with van der Waals surface area (Å²) in [6.45, 7) is -7.13. The molecule has 0 aliphatic carbocycles. The molecule has 0 rings (SSSR count). The lowest BCUT2D eigenvalue weighted by atomic mass is 10.1. The van der Waals surface area contributed by atoms with E-state index in [1.54, 1.807) is 0 Å². The Hall–Kier alpha value is -0.530. The van der Waals surface area contributed by atoms with Crippen molar-refractivity contribution in [2.75, 3.05) is 0 Å². The number of carbonyl (C=O) groups is 1. The Morgan fingerprint density at radius 2 is 3.14 bits per heavy atom. The molecule has 42 valence electrons. The van der Waals surface area contributed by atoms with Crippen molar-refractivity contribution in [1.82, 2.24) is 0 Å². The maximum absolute atomic E-state index is 10.7. The molecule has 2 nitrogen and oxygen atoms in total. The van der Waals surface area contributed by atoms with Crippen molar-refractivity contribution in [1.29, 1.82) is 0 Å². The second kappa shape index (κ2) is 2.61. The number of hydrogen-bond donors (Lipinski definition) is 1. The van der Waals surface area contributed by atoms with Crippen molar-refractivity contribution in [2.45, 2.75) is 20.1 Å². The fourth-order valence-corrected chi connectivity index (χ4v) is 0.0535. The summed E-state index contributed by atoms with van der Waals surface area (Å²) in [7, 11) is 0. The third kappa shape index (κ3) is 2.20. The van der Waals surface area contributed by atoms with Gasteiger partial charge in [-0.05, 0) is 6.37 Å². The highest BCUT2D eigenvalue weighted by atomic mass is 16.4. The van der Waals surface area contributed by atoms with E-state index in [0.29, 0.717) is 0 Å². The van der Waals surface area contributed by atoms with Crippen LogP contribution in [0.4, 0.5) is 0 Å². The largest absolute Gasteiger partial charge is 0.481 e. The molecule has 0 aromatic carbocycles. The maximum Gasteiger partial charge on any atom is 0.306 e. The molecule has 0 radical (unpaired) electrons. The van der Waals surface area contributed by atoms with E-state index in [1.165, 1.54) is 0 Å². The highest BCUT2D eigenvalue weighted by molar-refractivity contribution is 5.69. The molecule has 0 amide bonds. The average Bonchev–Trinajstić information content (AvgIpc) is 1.97. The Morgan fingerprint density at radius 3 is 3.29 bits per heavy atom. The molecule has 0 aromatic rings. The summed E-state index contributed by atoms with van der Waals surface area (Å²) in [4.78, 5) is 10.7. The molecule has 0 heterocycles. The molecule has 0 fully saturated rings. The first-order chi connectivity index (χ1) is 6.69. The highest BCUT2D eigenvalue weighted by Gasteiger charge is 2.05. The first-order valence-corrected chi connectivity index (χ1v) is 1.43. The van der Waals surface area contributed by atoms with Gasteiger partial charge in [0, 0.05) is 12.3 Å². The topological polar surface area (TPSA) is 37.3 Å². The predicted molar refractivity (Wildman–Crippen MR) is 27.1 cm³/mol. The number of carboxylic acid groups (broad SMARTS) is 1. The van der Waals surface area contributed by atoms with E-state index >= 15 is 0 Å². The van der Waals surface area contributed by atoms with Crippen LogP contribution in [0.25, 0.3) is 0 Å². The van der Waals surface area contributed by atoms with Crippen molar-refractivity contribution < 1.29 is 22.2 Å². The summed E-state index contributed by atoms with van der Waals surface area (Å²) in [5, 5.41) is 8.63. The average molecular weight is 111 g/mol. The molecule has 0 bridgehead atoms. The summed E-state index contributed by atoms with van der Waals surface area (Å²) < 4.78 is 62.2. The lowest BCUT2D eigenvalue weighted by Gasteiger charge is -1.96. The van der Waals surface area contributed by atoms with Gasteiger partial charge in [0.15, 0.2) is 0 Å². The lowest BCUT2D eigenvalue weighted by molar-refractivity contribution is -0.141. The first-order valence-electron chi connectivity index (χ1n) is 5.93. The van der Waals surface area contributed by atoms with Gasteiger partial charge in [0.25, 0.3) is 0 Å². The normalized spacial score (nSPS) is 42.6. The van der Waals surface area contributed by atoms with Gasteiger partial charge in [0.2, 0.25) is 0 Å². The SMILES string of the molecule is [2H]C([2H])([2H])C([2H])([2H])C([2H])(C(=O)O)C([2H])([2H])[2H]. The van der Waals surface area contributed by atoms with Crippen molar-refractivity contribution >= 4 is 5.97 Å². The van der Waals surface area contributed by atoms with Crippen molar-refractivity contribution in [3.63, 3.8) is 0 Å². The van der Waals surface area contributed by atoms with Crippen LogP contribution in [0.1, 0.15) is 32.4 Å². The smallest absolute Gasteiger partial charge is 0.306 e. The van der Waals surface area contributed by atoms with Gasteiger partial charge < -0.3 is 5.11 Å². The molecule has 0 aliphatic rings. The van der Waals surface area contributed by atoms with Crippen molar-refractivity contribution in [2.24, 2.45) is 5.89 Å². The molecule has 1 unspecified atom stereocenters. The molecule has 1 N–H and O–H groups in total. The zero-order valence-electron chi connectivity index (χ0n) is 12.4. The van der Waals surface area contributed by atoms with E-state index in [2.05, 4.69) is 0 Å². The van der Waals surface area contributed by atoms with Gasteiger partial charge in [-0.25, -0.2) is 0 Å². The number of hydrogen-bond acceptors (Lipinski definition) is 1. The van der Waals surface area contributed by atoms with Gasteiger partial charge >= 0.3 is 5.97 Å². The van der Waals surface area contributed by atoms with E-state index in [9.17, 15) is 4.79 Å². The number of rotatable bonds is 2. The molecule has 0 aromatic heterocycles. The van der Waals surface area contributed by atoms with Crippen molar-refractivity contribution in [3.8, 4) is 0 Å². The number of carboxylic acids is 1. The van der Waals surface area contributed by atoms with Crippen LogP contribution < -0.4 is 0 Å². The Morgan fingerprint density at radius 1 is 2.43 bits per heavy atom. The third-order valence-corrected chi connectivity index (χ3v) is 0.339. The zero-order chi connectivity index (χ0) is 13.6. The van der Waals surface area contributed by atoms with Gasteiger partial charge in [0.05, 0.1) is 5.89 Å². The van der Waals surface area contributed by atoms with Gasteiger partial charge in [0.1, 0.15) is 0 Å².